The van der Waals surface area contributed by atoms with Crippen LogP contribution < -0.4 is 10.1 Å². The molecule has 0 fully saturated rings. The quantitative estimate of drug-likeness (QED) is 0.604. The van der Waals surface area contributed by atoms with E-state index in [9.17, 15) is 13.2 Å². The van der Waals surface area contributed by atoms with Crippen molar-refractivity contribution in [3.63, 3.8) is 0 Å². The average molecular weight is 405 g/mol. The molecule has 1 N–H and O–H groups in total. The third-order valence-corrected chi connectivity index (χ3v) is 6.38. The molecule has 152 valence electrons. The number of carbonyl (C=O) groups excluding carboxylic acids is 1. The van der Waals surface area contributed by atoms with Crippen LogP contribution in [0.5, 0.6) is 5.75 Å². The minimum absolute atomic E-state index is 0.209. The van der Waals surface area contributed by atoms with Crippen LogP contribution in [0.4, 0.5) is 5.69 Å². The third-order valence-electron chi connectivity index (χ3n) is 4.32. The number of nitrogens with one attached hydrogen (secondary N) is 1. The van der Waals surface area contributed by atoms with Gasteiger partial charge in [-0.1, -0.05) is 33.3 Å². The van der Waals surface area contributed by atoms with Crippen molar-refractivity contribution in [2.24, 2.45) is 0 Å². The summed E-state index contributed by atoms with van der Waals surface area (Å²) < 4.78 is 32.1. The van der Waals surface area contributed by atoms with Gasteiger partial charge in [0, 0.05) is 24.3 Å². The lowest BCUT2D eigenvalue weighted by atomic mass is 10.2. The molecule has 0 saturated carbocycles. The van der Waals surface area contributed by atoms with E-state index in [1.165, 1.54) is 16.4 Å². The number of amides is 1. The highest BCUT2D eigenvalue weighted by atomic mass is 32.2. The predicted octanol–water partition coefficient (Wildman–Crippen LogP) is 4.15. The summed E-state index contributed by atoms with van der Waals surface area (Å²) in [5, 5.41) is 2.79. The second kappa shape index (κ2) is 10.2. The fourth-order valence-corrected chi connectivity index (χ4v) is 4.15. The molecule has 0 atom stereocenters. The number of unbranched alkanes of at least 4 members (excludes halogenated alkanes) is 1. The summed E-state index contributed by atoms with van der Waals surface area (Å²) in [7, 11) is -3.51. The predicted molar refractivity (Wildman–Crippen MR) is 111 cm³/mol. The number of nitrogens with zero attached hydrogens (tertiary/aromatic N) is 1. The van der Waals surface area contributed by atoms with Crippen LogP contribution in [0.3, 0.4) is 0 Å². The van der Waals surface area contributed by atoms with Crippen LogP contribution in [0.25, 0.3) is 0 Å². The summed E-state index contributed by atoms with van der Waals surface area (Å²) in [6.45, 7) is 7.13. The van der Waals surface area contributed by atoms with Gasteiger partial charge in [-0.05, 0) is 48.9 Å². The molecule has 0 unspecified atom stereocenters. The first-order valence-corrected chi connectivity index (χ1v) is 11.0. The Hall–Kier alpha value is -2.38. The SMILES string of the molecule is CCCCOc1cccc(C(=O)Nc2ccc(S(=O)(=O)N(CC)CC)cc2)c1. The van der Waals surface area contributed by atoms with Crippen LogP contribution in [0.15, 0.2) is 53.4 Å². The number of ether oxygens (including phenoxy) is 1. The van der Waals surface area contributed by atoms with Gasteiger partial charge in [0.15, 0.2) is 0 Å². The maximum atomic E-state index is 12.5. The maximum absolute atomic E-state index is 12.5. The van der Waals surface area contributed by atoms with Crippen molar-refractivity contribution in [1.29, 1.82) is 0 Å². The number of sulfonamides is 1. The fraction of sp³-hybridized carbons (Fsp3) is 0.381. The van der Waals surface area contributed by atoms with Crippen molar-refractivity contribution in [2.45, 2.75) is 38.5 Å². The summed E-state index contributed by atoms with van der Waals surface area (Å²) in [6.07, 6.45) is 2.00. The molecule has 0 aliphatic carbocycles. The summed E-state index contributed by atoms with van der Waals surface area (Å²) in [5.74, 6) is 0.377. The van der Waals surface area contributed by atoms with E-state index < -0.39 is 10.0 Å². The minimum atomic E-state index is -3.51. The third kappa shape index (κ3) is 5.56. The van der Waals surface area contributed by atoms with Gasteiger partial charge in [-0.25, -0.2) is 8.42 Å². The first-order chi connectivity index (χ1) is 13.4. The normalized spacial score (nSPS) is 11.4. The summed E-state index contributed by atoms with van der Waals surface area (Å²) in [4.78, 5) is 12.7. The lowest BCUT2D eigenvalue weighted by Crippen LogP contribution is -2.30. The van der Waals surface area contributed by atoms with Crippen molar-refractivity contribution >= 4 is 21.6 Å². The van der Waals surface area contributed by atoms with Crippen LogP contribution in [0.1, 0.15) is 44.0 Å². The monoisotopic (exact) mass is 404 g/mol. The Balaban J connectivity index is 2.08. The Morgan fingerprint density at radius 3 is 2.32 bits per heavy atom. The molecular formula is C21H28N2O4S. The van der Waals surface area contributed by atoms with Crippen molar-refractivity contribution in [3.05, 3.63) is 54.1 Å². The number of carbonyl (C=O) groups is 1. The molecule has 2 rings (SSSR count). The van der Waals surface area contributed by atoms with Gasteiger partial charge in [-0.2, -0.15) is 4.31 Å². The summed E-state index contributed by atoms with van der Waals surface area (Å²) >= 11 is 0. The number of anilines is 1. The molecule has 0 bridgehead atoms. The Labute approximate surface area is 167 Å². The van der Waals surface area contributed by atoms with Gasteiger partial charge < -0.3 is 10.1 Å². The molecule has 7 heteroatoms. The Bertz CT molecular complexity index is 876. The van der Waals surface area contributed by atoms with Crippen molar-refractivity contribution < 1.29 is 17.9 Å². The summed E-state index contributed by atoms with van der Waals surface area (Å²) in [5.41, 5.74) is 1.01. The number of benzene rings is 2. The highest BCUT2D eigenvalue weighted by Crippen LogP contribution is 2.20. The molecule has 28 heavy (non-hydrogen) atoms. The largest absolute Gasteiger partial charge is 0.494 e. The zero-order valence-corrected chi connectivity index (χ0v) is 17.5. The van der Waals surface area contributed by atoms with Crippen LogP contribution >= 0.6 is 0 Å². The zero-order chi connectivity index (χ0) is 20.6. The Morgan fingerprint density at radius 1 is 1.04 bits per heavy atom. The Morgan fingerprint density at radius 2 is 1.71 bits per heavy atom. The van der Waals surface area contributed by atoms with E-state index in [0.717, 1.165) is 12.8 Å². The fourth-order valence-electron chi connectivity index (χ4n) is 2.69. The summed E-state index contributed by atoms with van der Waals surface area (Å²) in [6, 6.07) is 13.2. The first kappa shape index (κ1) is 21.9. The molecular weight excluding hydrogens is 376 g/mol. The first-order valence-electron chi connectivity index (χ1n) is 9.56. The van der Waals surface area contributed by atoms with E-state index in [0.29, 0.717) is 36.7 Å². The molecule has 1 amide bonds. The molecule has 0 saturated heterocycles. The van der Waals surface area contributed by atoms with Gasteiger partial charge in [-0.15, -0.1) is 0 Å². The number of hydrogen-bond acceptors (Lipinski definition) is 4. The number of rotatable bonds is 10. The molecule has 6 nitrogen and oxygen atoms in total. The van der Waals surface area contributed by atoms with Crippen molar-refractivity contribution in [1.82, 2.24) is 4.31 Å². The molecule has 0 heterocycles. The van der Waals surface area contributed by atoms with Gasteiger partial charge in [0.25, 0.3) is 5.91 Å². The van der Waals surface area contributed by atoms with Crippen molar-refractivity contribution in [3.8, 4) is 5.75 Å². The molecule has 0 aromatic heterocycles. The molecule has 0 spiro atoms. The second-order valence-corrected chi connectivity index (χ2v) is 8.24. The highest BCUT2D eigenvalue weighted by molar-refractivity contribution is 7.89. The van der Waals surface area contributed by atoms with Crippen LogP contribution in [-0.4, -0.2) is 38.3 Å². The van der Waals surface area contributed by atoms with Gasteiger partial charge in [0.1, 0.15) is 5.75 Å². The molecule has 0 aliphatic heterocycles. The zero-order valence-electron chi connectivity index (χ0n) is 16.6. The maximum Gasteiger partial charge on any atom is 0.255 e. The highest BCUT2D eigenvalue weighted by Gasteiger charge is 2.21. The minimum Gasteiger partial charge on any atom is -0.494 e. The van der Waals surface area contributed by atoms with Gasteiger partial charge >= 0.3 is 0 Å². The average Bonchev–Trinajstić information content (AvgIpc) is 2.69. The van der Waals surface area contributed by atoms with E-state index in [2.05, 4.69) is 12.2 Å². The van der Waals surface area contributed by atoms with Gasteiger partial charge in [-0.3, -0.25) is 4.79 Å². The van der Waals surface area contributed by atoms with E-state index in [-0.39, 0.29) is 10.8 Å². The van der Waals surface area contributed by atoms with Crippen LogP contribution in [-0.2, 0) is 10.0 Å². The van der Waals surface area contributed by atoms with E-state index in [1.807, 2.05) is 6.07 Å². The van der Waals surface area contributed by atoms with Crippen LogP contribution in [0, 0.1) is 0 Å². The van der Waals surface area contributed by atoms with Crippen molar-refractivity contribution in [2.75, 3.05) is 25.0 Å². The number of hydrogen-bond donors (Lipinski definition) is 1. The van der Waals surface area contributed by atoms with E-state index >= 15 is 0 Å². The lowest BCUT2D eigenvalue weighted by molar-refractivity contribution is 0.102. The molecule has 2 aromatic rings. The molecule has 0 radical (unpaired) electrons. The van der Waals surface area contributed by atoms with Gasteiger partial charge in [0.2, 0.25) is 10.0 Å². The second-order valence-electron chi connectivity index (χ2n) is 6.30. The molecule has 2 aromatic carbocycles. The van der Waals surface area contributed by atoms with E-state index in [1.54, 1.807) is 44.2 Å². The smallest absolute Gasteiger partial charge is 0.255 e. The van der Waals surface area contributed by atoms with Gasteiger partial charge in [0.05, 0.1) is 11.5 Å². The van der Waals surface area contributed by atoms with E-state index in [4.69, 9.17) is 4.74 Å². The van der Waals surface area contributed by atoms with Crippen LogP contribution in [0.2, 0.25) is 0 Å². The topological polar surface area (TPSA) is 75.7 Å². The molecule has 0 aliphatic rings. The Kier molecular flexibility index (Phi) is 8.02. The lowest BCUT2D eigenvalue weighted by Gasteiger charge is -2.18. The standard InChI is InChI=1S/C21H28N2O4S/c1-4-7-15-27-19-10-8-9-17(16-19)21(24)22-18-11-13-20(14-12-18)28(25,26)23(5-2)6-3/h8-14,16H,4-7,15H2,1-3H3,(H,22,24).